The molecule has 0 spiro atoms. The number of imidazole rings is 1. The smallest absolute Gasteiger partial charge is 0.151 e. The number of hydrogen-bond acceptors (Lipinski definition) is 3. The van der Waals surface area contributed by atoms with E-state index >= 15 is 0 Å². The molecular weight excluding hydrogens is 278 g/mol. The molecule has 0 bridgehead atoms. The minimum atomic E-state index is 0.561. The van der Waals surface area contributed by atoms with E-state index in [0.29, 0.717) is 6.54 Å². The molecule has 0 saturated heterocycles. The summed E-state index contributed by atoms with van der Waals surface area (Å²) in [6, 6.07) is 8.59. The Bertz CT molecular complexity index is 755. The van der Waals surface area contributed by atoms with E-state index in [4.69, 9.17) is 10.7 Å². The lowest BCUT2D eigenvalue weighted by Gasteiger charge is -2.08. The second kappa shape index (κ2) is 6.00. The number of hydrogen-bond donors (Lipinski definition) is 1. The lowest BCUT2D eigenvalue weighted by atomic mass is 10.2. The third-order valence-electron chi connectivity index (χ3n) is 3.83. The molecule has 0 aliphatic carbocycles. The van der Waals surface area contributed by atoms with Gasteiger partial charge < -0.3 is 10.3 Å². The summed E-state index contributed by atoms with van der Waals surface area (Å²) in [5, 5.41) is 2.16. The number of nitrogens with two attached hydrogens (primary N) is 1. The molecule has 1 aromatic carbocycles. The van der Waals surface area contributed by atoms with E-state index in [0.717, 1.165) is 36.3 Å². The Morgan fingerprint density at radius 1 is 1.24 bits per heavy atom. The summed E-state index contributed by atoms with van der Waals surface area (Å²) in [5.41, 5.74) is 10.5. The van der Waals surface area contributed by atoms with Gasteiger partial charge in [-0.2, -0.15) is 0 Å². The van der Waals surface area contributed by atoms with Crippen LogP contribution in [0.25, 0.3) is 21.7 Å². The highest BCUT2D eigenvalue weighted by molar-refractivity contribution is 7.13. The van der Waals surface area contributed by atoms with Gasteiger partial charge in [0.25, 0.3) is 0 Å². The molecule has 0 amide bonds. The van der Waals surface area contributed by atoms with Crippen molar-refractivity contribution in [3.63, 3.8) is 0 Å². The predicted molar refractivity (Wildman–Crippen MR) is 90.6 cm³/mol. The zero-order valence-electron chi connectivity index (χ0n) is 12.6. The Kier molecular flexibility index (Phi) is 4.08. The first-order valence-electron chi connectivity index (χ1n) is 7.54. The maximum atomic E-state index is 5.75. The highest BCUT2D eigenvalue weighted by Gasteiger charge is 2.16. The molecule has 3 rings (SSSR count). The molecule has 3 aromatic rings. The van der Waals surface area contributed by atoms with Crippen LogP contribution >= 0.6 is 11.3 Å². The van der Waals surface area contributed by atoms with Crippen molar-refractivity contribution in [1.82, 2.24) is 9.55 Å². The second-order valence-electron chi connectivity index (χ2n) is 5.24. The van der Waals surface area contributed by atoms with Gasteiger partial charge in [0.2, 0.25) is 0 Å². The van der Waals surface area contributed by atoms with Crippen molar-refractivity contribution in [2.75, 3.05) is 0 Å². The number of rotatable bonds is 5. The molecule has 2 N–H and O–H groups in total. The Hall–Kier alpha value is -1.65. The van der Waals surface area contributed by atoms with Crippen LogP contribution in [0.3, 0.4) is 0 Å². The fourth-order valence-corrected chi connectivity index (χ4v) is 3.73. The number of nitrogens with zero attached hydrogens (tertiary/aromatic N) is 2. The molecule has 0 aliphatic heterocycles. The van der Waals surface area contributed by atoms with E-state index in [9.17, 15) is 0 Å². The first kappa shape index (κ1) is 14.3. The number of aryl methyl sites for hydroxylation is 2. The van der Waals surface area contributed by atoms with Gasteiger partial charge >= 0.3 is 0 Å². The van der Waals surface area contributed by atoms with Crippen molar-refractivity contribution in [2.45, 2.75) is 39.8 Å². The topological polar surface area (TPSA) is 43.8 Å². The number of benzene rings is 1. The van der Waals surface area contributed by atoms with E-state index in [-0.39, 0.29) is 0 Å². The van der Waals surface area contributed by atoms with Crippen LogP contribution in [0.1, 0.15) is 31.4 Å². The summed E-state index contributed by atoms with van der Waals surface area (Å²) < 4.78 is 2.35. The maximum absolute atomic E-state index is 5.75. The molecule has 0 saturated carbocycles. The zero-order chi connectivity index (χ0) is 14.8. The van der Waals surface area contributed by atoms with Crippen LogP contribution in [-0.4, -0.2) is 9.55 Å². The van der Waals surface area contributed by atoms with Gasteiger partial charge in [-0.05, 0) is 47.5 Å². The summed E-state index contributed by atoms with van der Waals surface area (Å²) in [5.74, 6) is 1.10. The van der Waals surface area contributed by atoms with Crippen LogP contribution in [0, 0.1) is 0 Å². The predicted octanol–water partition coefficient (Wildman–Crippen LogP) is 4.20. The first-order chi connectivity index (χ1) is 10.3. The average molecular weight is 299 g/mol. The lowest BCUT2D eigenvalue weighted by Crippen LogP contribution is -2.00. The Morgan fingerprint density at radius 3 is 2.81 bits per heavy atom. The summed E-state index contributed by atoms with van der Waals surface area (Å²) in [6.45, 7) is 5.96. The summed E-state index contributed by atoms with van der Waals surface area (Å²) in [4.78, 5) is 6.21. The van der Waals surface area contributed by atoms with Crippen LogP contribution in [0.4, 0.5) is 0 Å². The van der Waals surface area contributed by atoms with Gasteiger partial charge in [-0.25, -0.2) is 4.98 Å². The van der Waals surface area contributed by atoms with E-state index in [1.807, 2.05) is 0 Å². The summed E-state index contributed by atoms with van der Waals surface area (Å²) >= 11 is 1.78. The molecular formula is C17H21N3S. The molecule has 0 atom stereocenters. The molecule has 0 unspecified atom stereocenters. The van der Waals surface area contributed by atoms with Crippen LogP contribution in [0.2, 0.25) is 0 Å². The number of aromatic nitrogens is 2. The van der Waals surface area contributed by atoms with Gasteiger partial charge in [0, 0.05) is 13.1 Å². The quantitative estimate of drug-likeness (QED) is 0.767. The van der Waals surface area contributed by atoms with E-state index in [1.165, 1.54) is 16.0 Å². The SMILES string of the molecule is CCCn1c(-c2sccc2CC)nc2cc(CN)ccc21. The highest BCUT2D eigenvalue weighted by atomic mass is 32.1. The monoisotopic (exact) mass is 299 g/mol. The third-order valence-corrected chi connectivity index (χ3v) is 4.78. The minimum Gasteiger partial charge on any atom is -0.326 e. The van der Waals surface area contributed by atoms with Crippen molar-refractivity contribution in [3.8, 4) is 10.7 Å². The second-order valence-corrected chi connectivity index (χ2v) is 6.16. The molecule has 21 heavy (non-hydrogen) atoms. The van der Waals surface area contributed by atoms with Crippen LogP contribution in [-0.2, 0) is 19.5 Å². The molecule has 2 aromatic heterocycles. The Balaban J connectivity index is 2.23. The van der Waals surface area contributed by atoms with Crippen LogP contribution in [0.15, 0.2) is 29.6 Å². The summed E-state index contributed by atoms with van der Waals surface area (Å²) in [6.07, 6.45) is 2.14. The van der Waals surface area contributed by atoms with Crippen molar-refractivity contribution in [2.24, 2.45) is 5.73 Å². The van der Waals surface area contributed by atoms with Gasteiger partial charge in [-0.3, -0.25) is 0 Å². The third kappa shape index (κ3) is 2.49. The van der Waals surface area contributed by atoms with Crippen LogP contribution < -0.4 is 5.73 Å². The molecule has 4 heteroatoms. The zero-order valence-corrected chi connectivity index (χ0v) is 13.4. The van der Waals surface area contributed by atoms with Gasteiger partial charge in [0.1, 0.15) is 0 Å². The molecule has 0 radical (unpaired) electrons. The van der Waals surface area contributed by atoms with Crippen molar-refractivity contribution < 1.29 is 0 Å². The Morgan fingerprint density at radius 2 is 2.10 bits per heavy atom. The van der Waals surface area contributed by atoms with Crippen molar-refractivity contribution >= 4 is 22.4 Å². The minimum absolute atomic E-state index is 0.561. The van der Waals surface area contributed by atoms with Gasteiger partial charge in [0.15, 0.2) is 5.82 Å². The van der Waals surface area contributed by atoms with Gasteiger partial charge in [-0.1, -0.05) is 19.9 Å². The molecule has 0 aliphatic rings. The van der Waals surface area contributed by atoms with Crippen molar-refractivity contribution in [1.29, 1.82) is 0 Å². The van der Waals surface area contributed by atoms with E-state index < -0.39 is 0 Å². The first-order valence-corrected chi connectivity index (χ1v) is 8.42. The van der Waals surface area contributed by atoms with Gasteiger partial charge in [-0.15, -0.1) is 11.3 Å². The van der Waals surface area contributed by atoms with Crippen molar-refractivity contribution in [3.05, 3.63) is 40.8 Å². The lowest BCUT2D eigenvalue weighted by molar-refractivity contribution is 0.704. The molecule has 0 fully saturated rings. The largest absolute Gasteiger partial charge is 0.326 e. The van der Waals surface area contributed by atoms with Crippen LogP contribution in [0.5, 0.6) is 0 Å². The average Bonchev–Trinajstić information content (AvgIpc) is 3.11. The highest BCUT2D eigenvalue weighted by Crippen LogP contribution is 2.32. The number of thiophene rings is 1. The standard InChI is InChI=1S/C17H21N3S/c1-3-8-20-15-6-5-12(11-18)10-14(15)19-17(20)16-13(4-2)7-9-21-16/h5-7,9-10H,3-4,8,11,18H2,1-2H3. The maximum Gasteiger partial charge on any atom is 0.151 e. The fraction of sp³-hybridized carbons (Fsp3) is 0.353. The van der Waals surface area contributed by atoms with E-state index in [1.54, 1.807) is 11.3 Å². The molecule has 2 heterocycles. The normalized spacial score (nSPS) is 11.4. The fourth-order valence-electron chi connectivity index (χ4n) is 2.74. The molecule has 110 valence electrons. The summed E-state index contributed by atoms with van der Waals surface area (Å²) in [7, 11) is 0. The Labute approximate surface area is 129 Å². The number of fused-ring (bicyclic) bond motifs is 1. The van der Waals surface area contributed by atoms with E-state index in [2.05, 4.69) is 48.1 Å². The molecule has 3 nitrogen and oxygen atoms in total. The van der Waals surface area contributed by atoms with Gasteiger partial charge in [0.05, 0.1) is 15.9 Å².